The predicted molar refractivity (Wildman–Crippen MR) is 99.7 cm³/mol. The summed E-state index contributed by atoms with van der Waals surface area (Å²) < 4.78 is 0. The molecule has 1 saturated heterocycles. The van der Waals surface area contributed by atoms with Crippen LogP contribution in [0.1, 0.15) is 41.0 Å². The van der Waals surface area contributed by atoms with Crippen molar-refractivity contribution in [3.8, 4) is 11.3 Å². The Morgan fingerprint density at radius 3 is 2.81 bits per heavy atom. The van der Waals surface area contributed by atoms with E-state index >= 15 is 0 Å². The van der Waals surface area contributed by atoms with Crippen LogP contribution < -0.4 is 5.32 Å². The molecule has 0 spiro atoms. The highest BCUT2D eigenvalue weighted by Crippen LogP contribution is 2.24. The van der Waals surface area contributed by atoms with Gasteiger partial charge in [-0.25, -0.2) is 4.98 Å². The molecule has 136 valence electrons. The van der Waals surface area contributed by atoms with Crippen molar-refractivity contribution >= 4 is 11.8 Å². The predicted octanol–water partition coefficient (Wildman–Crippen LogP) is 2.50. The fourth-order valence-corrected chi connectivity index (χ4v) is 3.39. The van der Waals surface area contributed by atoms with E-state index in [2.05, 4.69) is 15.3 Å². The average Bonchev–Trinajstić information content (AvgIpc) is 2.68. The first-order valence-electron chi connectivity index (χ1n) is 8.94. The third-order valence-corrected chi connectivity index (χ3v) is 4.77. The fourth-order valence-electron chi connectivity index (χ4n) is 3.39. The highest BCUT2D eigenvalue weighted by atomic mass is 16.2. The maximum Gasteiger partial charge on any atom is 0.254 e. The van der Waals surface area contributed by atoms with Crippen molar-refractivity contribution < 1.29 is 9.59 Å². The van der Waals surface area contributed by atoms with Gasteiger partial charge in [0.2, 0.25) is 5.91 Å². The normalized spacial score (nSPS) is 17.0. The second-order valence-electron chi connectivity index (χ2n) is 6.65. The molecule has 0 bridgehead atoms. The van der Waals surface area contributed by atoms with Crippen LogP contribution in [-0.4, -0.2) is 46.3 Å². The molecule has 1 aromatic heterocycles. The topological polar surface area (TPSA) is 75.2 Å². The van der Waals surface area contributed by atoms with Crippen LogP contribution in [0.15, 0.2) is 30.5 Å². The van der Waals surface area contributed by atoms with Crippen LogP contribution in [-0.2, 0) is 4.79 Å². The minimum absolute atomic E-state index is 0.102. The van der Waals surface area contributed by atoms with E-state index in [0.29, 0.717) is 18.5 Å². The molecular formula is C20H24N4O2. The van der Waals surface area contributed by atoms with Crippen molar-refractivity contribution in [2.75, 3.05) is 13.6 Å². The largest absolute Gasteiger partial charge is 0.357 e. The number of nitrogens with one attached hydrogen (secondary N) is 1. The molecule has 26 heavy (non-hydrogen) atoms. The quantitative estimate of drug-likeness (QED) is 0.921. The van der Waals surface area contributed by atoms with Gasteiger partial charge < -0.3 is 10.2 Å². The monoisotopic (exact) mass is 352 g/mol. The number of hydrogen-bond acceptors (Lipinski definition) is 4. The van der Waals surface area contributed by atoms with Crippen LogP contribution in [0.2, 0.25) is 0 Å². The summed E-state index contributed by atoms with van der Waals surface area (Å²) in [6.45, 7) is 4.40. The number of carbonyl (C=O) groups is 2. The van der Waals surface area contributed by atoms with Gasteiger partial charge in [-0.05, 0) is 45.2 Å². The second-order valence-corrected chi connectivity index (χ2v) is 6.65. The number of benzene rings is 1. The zero-order chi connectivity index (χ0) is 18.7. The van der Waals surface area contributed by atoms with Gasteiger partial charge in [0.15, 0.2) is 0 Å². The summed E-state index contributed by atoms with van der Waals surface area (Å²) >= 11 is 0. The molecule has 0 unspecified atom stereocenters. The van der Waals surface area contributed by atoms with Crippen LogP contribution in [0, 0.1) is 13.8 Å². The van der Waals surface area contributed by atoms with Crippen LogP contribution in [0.5, 0.6) is 0 Å². The lowest BCUT2D eigenvalue weighted by Crippen LogP contribution is -2.51. The summed E-state index contributed by atoms with van der Waals surface area (Å²) in [5.74, 6) is -0.215. The molecule has 1 fully saturated rings. The molecule has 0 aliphatic carbocycles. The van der Waals surface area contributed by atoms with Crippen LogP contribution >= 0.6 is 0 Å². The molecule has 6 nitrogen and oxygen atoms in total. The van der Waals surface area contributed by atoms with Crippen molar-refractivity contribution in [1.82, 2.24) is 20.2 Å². The van der Waals surface area contributed by atoms with E-state index < -0.39 is 6.04 Å². The molecule has 3 rings (SSSR count). The van der Waals surface area contributed by atoms with Gasteiger partial charge in [-0.1, -0.05) is 12.1 Å². The molecule has 2 amide bonds. The summed E-state index contributed by atoms with van der Waals surface area (Å²) in [6.07, 6.45) is 4.31. The number of rotatable bonds is 3. The lowest BCUT2D eigenvalue weighted by molar-refractivity contribution is -0.126. The number of likely N-dealkylation sites (tertiary alicyclic amines) is 1. The van der Waals surface area contributed by atoms with Crippen molar-refractivity contribution in [1.29, 1.82) is 0 Å². The Balaban J connectivity index is 1.93. The van der Waals surface area contributed by atoms with Crippen LogP contribution in [0.3, 0.4) is 0 Å². The van der Waals surface area contributed by atoms with Crippen molar-refractivity contribution in [2.24, 2.45) is 0 Å². The number of carbonyl (C=O) groups excluding carboxylic acids is 2. The molecule has 1 atom stereocenters. The Morgan fingerprint density at radius 2 is 2.04 bits per heavy atom. The van der Waals surface area contributed by atoms with Gasteiger partial charge in [-0.3, -0.25) is 14.6 Å². The van der Waals surface area contributed by atoms with E-state index in [9.17, 15) is 9.59 Å². The maximum absolute atomic E-state index is 13.1. The van der Waals surface area contributed by atoms with Gasteiger partial charge in [-0.15, -0.1) is 0 Å². The van der Waals surface area contributed by atoms with Crippen LogP contribution in [0.4, 0.5) is 0 Å². The number of nitrogens with zero attached hydrogens (tertiary/aromatic N) is 3. The molecule has 1 aliphatic heterocycles. The van der Waals surface area contributed by atoms with E-state index in [-0.39, 0.29) is 11.8 Å². The average molecular weight is 352 g/mol. The third kappa shape index (κ3) is 3.59. The van der Waals surface area contributed by atoms with Crippen molar-refractivity contribution in [3.05, 3.63) is 47.4 Å². The second kappa shape index (κ2) is 7.64. The molecule has 1 N–H and O–H groups in total. The summed E-state index contributed by atoms with van der Waals surface area (Å²) in [6, 6.07) is 7.02. The molecule has 1 aliphatic rings. The molecule has 2 heterocycles. The van der Waals surface area contributed by atoms with Crippen molar-refractivity contribution in [2.45, 2.75) is 39.2 Å². The molecule has 0 saturated carbocycles. The molecule has 0 radical (unpaired) electrons. The summed E-state index contributed by atoms with van der Waals surface area (Å²) in [5, 5.41) is 2.67. The standard InChI is InChI=1S/C20H24N4O2/c1-13-12-22-14(2)18(23-13)15-7-6-8-16(11-15)20(26)24-10-5-4-9-17(24)19(25)21-3/h6-8,11-12,17H,4-5,9-10H2,1-3H3,(H,21,25)/t17-/m1/s1. The van der Waals surface area contributed by atoms with E-state index in [1.54, 1.807) is 24.2 Å². The van der Waals surface area contributed by atoms with Gasteiger partial charge in [0.05, 0.1) is 17.1 Å². The number of likely N-dealkylation sites (N-methyl/N-ethyl adjacent to an activating group) is 1. The van der Waals surface area contributed by atoms with E-state index in [1.165, 1.54) is 0 Å². The third-order valence-electron chi connectivity index (χ3n) is 4.77. The van der Waals surface area contributed by atoms with E-state index in [0.717, 1.165) is 35.5 Å². The zero-order valence-electron chi connectivity index (χ0n) is 15.5. The minimum Gasteiger partial charge on any atom is -0.357 e. The highest BCUT2D eigenvalue weighted by molar-refractivity contribution is 5.98. The van der Waals surface area contributed by atoms with Gasteiger partial charge in [0.1, 0.15) is 6.04 Å². The number of aromatic nitrogens is 2. The van der Waals surface area contributed by atoms with E-state index in [4.69, 9.17) is 0 Å². The first kappa shape index (κ1) is 18.0. The lowest BCUT2D eigenvalue weighted by atomic mass is 9.99. The smallest absolute Gasteiger partial charge is 0.254 e. The van der Waals surface area contributed by atoms with Gasteiger partial charge in [0, 0.05) is 30.9 Å². The van der Waals surface area contributed by atoms with Gasteiger partial charge >= 0.3 is 0 Å². The number of hydrogen-bond donors (Lipinski definition) is 1. The molecular weight excluding hydrogens is 328 g/mol. The Hall–Kier alpha value is -2.76. The first-order valence-corrected chi connectivity index (χ1v) is 8.94. The van der Waals surface area contributed by atoms with Gasteiger partial charge in [0.25, 0.3) is 5.91 Å². The van der Waals surface area contributed by atoms with E-state index in [1.807, 2.05) is 32.0 Å². The molecule has 6 heteroatoms. The molecule has 1 aromatic carbocycles. The summed E-state index contributed by atoms with van der Waals surface area (Å²) in [7, 11) is 1.61. The molecule has 2 aromatic rings. The maximum atomic E-state index is 13.1. The lowest BCUT2D eigenvalue weighted by Gasteiger charge is -2.34. The number of aryl methyl sites for hydroxylation is 2. The summed E-state index contributed by atoms with van der Waals surface area (Å²) in [5.41, 5.74) is 3.86. The summed E-state index contributed by atoms with van der Waals surface area (Å²) in [4.78, 5) is 35.8. The Labute approximate surface area is 153 Å². The number of piperidine rings is 1. The van der Waals surface area contributed by atoms with Crippen molar-refractivity contribution in [3.63, 3.8) is 0 Å². The van der Waals surface area contributed by atoms with Crippen LogP contribution in [0.25, 0.3) is 11.3 Å². The Morgan fingerprint density at radius 1 is 1.23 bits per heavy atom. The highest BCUT2D eigenvalue weighted by Gasteiger charge is 2.32. The Kier molecular flexibility index (Phi) is 5.30. The number of amides is 2. The SMILES string of the molecule is CNC(=O)[C@H]1CCCCN1C(=O)c1cccc(-c2nc(C)cnc2C)c1. The Bertz CT molecular complexity index is 834. The minimum atomic E-state index is -0.398. The van der Waals surface area contributed by atoms with Gasteiger partial charge in [-0.2, -0.15) is 0 Å². The zero-order valence-corrected chi connectivity index (χ0v) is 15.5. The first-order chi connectivity index (χ1) is 12.5. The fraction of sp³-hybridized carbons (Fsp3) is 0.400.